The lowest BCUT2D eigenvalue weighted by Crippen LogP contribution is -2.30. The summed E-state index contributed by atoms with van der Waals surface area (Å²) in [6, 6.07) is 4.90. The predicted molar refractivity (Wildman–Crippen MR) is 76.2 cm³/mol. The summed E-state index contributed by atoms with van der Waals surface area (Å²) in [6.45, 7) is 6.20. The molecule has 0 aromatic heterocycles. The van der Waals surface area contributed by atoms with E-state index in [9.17, 15) is 4.39 Å². The molecule has 1 aromatic rings. The number of hydrogen-bond acceptors (Lipinski definition) is 2. The molecule has 3 nitrogen and oxygen atoms in total. The van der Waals surface area contributed by atoms with Crippen LogP contribution in [0.3, 0.4) is 0 Å². The molecule has 1 aromatic carbocycles. The standard InChI is InChI=1S/C15H23FN2O/c1-11-6-7-12(10-13(11)16)19-9-5-4-8-15(2,3)14(17)18/h6-7,10H,4-5,8-9H2,1-3H3,(H3,17,18). The fourth-order valence-corrected chi connectivity index (χ4v) is 1.66. The third kappa shape index (κ3) is 4.89. The first kappa shape index (κ1) is 15.5. The van der Waals surface area contributed by atoms with Crippen LogP contribution in [0, 0.1) is 23.6 Å². The summed E-state index contributed by atoms with van der Waals surface area (Å²) < 4.78 is 18.8. The number of aryl methyl sites for hydroxylation is 1. The number of unbranched alkanes of at least 4 members (excludes halogenated alkanes) is 1. The molecule has 0 aliphatic rings. The van der Waals surface area contributed by atoms with Gasteiger partial charge in [0.25, 0.3) is 0 Å². The van der Waals surface area contributed by atoms with Gasteiger partial charge >= 0.3 is 0 Å². The largest absolute Gasteiger partial charge is 0.493 e. The van der Waals surface area contributed by atoms with Crippen LogP contribution in [0.15, 0.2) is 18.2 Å². The van der Waals surface area contributed by atoms with Crippen molar-refractivity contribution < 1.29 is 9.13 Å². The SMILES string of the molecule is Cc1ccc(OCCCCC(C)(C)C(=N)N)cc1F. The van der Waals surface area contributed by atoms with Gasteiger partial charge in [-0.15, -0.1) is 0 Å². The minimum Gasteiger partial charge on any atom is -0.493 e. The molecule has 0 fully saturated rings. The molecule has 0 bridgehead atoms. The van der Waals surface area contributed by atoms with Crippen molar-refractivity contribution >= 4 is 5.84 Å². The summed E-state index contributed by atoms with van der Waals surface area (Å²) >= 11 is 0. The summed E-state index contributed by atoms with van der Waals surface area (Å²) in [6.07, 6.45) is 2.65. The van der Waals surface area contributed by atoms with Gasteiger partial charge in [-0.05, 0) is 37.8 Å². The second-order valence-corrected chi connectivity index (χ2v) is 5.51. The highest BCUT2D eigenvalue weighted by molar-refractivity contribution is 5.82. The van der Waals surface area contributed by atoms with Crippen molar-refractivity contribution in [3.8, 4) is 5.75 Å². The van der Waals surface area contributed by atoms with Crippen LogP contribution in [-0.4, -0.2) is 12.4 Å². The fourth-order valence-electron chi connectivity index (χ4n) is 1.66. The van der Waals surface area contributed by atoms with Crippen LogP contribution in [0.2, 0.25) is 0 Å². The molecule has 0 aliphatic heterocycles. The van der Waals surface area contributed by atoms with Crippen LogP contribution < -0.4 is 10.5 Å². The molecular formula is C15H23FN2O. The number of rotatable bonds is 7. The molecule has 0 radical (unpaired) electrons. The van der Waals surface area contributed by atoms with Crippen LogP contribution in [-0.2, 0) is 0 Å². The minimum atomic E-state index is -0.254. The summed E-state index contributed by atoms with van der Waals surface area (Å²) in [4.78, 5) is 0. The Morgan fingerprint density at radius 1 is 1.37 bits per heavy atom. The highest BCUT2D eigenvalue weighted by Gasteiger charge is 2.20. The van der Waals surface area contributed by atoms with Crippen LogP contribution in [0.1, 0.15) is 38.7 Å². The van der Waals surface area contributed by atoms with Crippen molar-refractivity contribution in [3.05, 3.63) is 29.6 Å². The van der Waals surface area contributed by atoms with Crippen molar-refractivity contribution in [3.63, 3.8) is 0 Å². The average Bonchev–Trinajstić information content (AvgIpc) is 2.33. The lowest BCUT2D eigenvalue weighted by molar-refractivity contribution is 0.295. The number of hydrogen-bond donors (Lipinski definition) is 2. The number of benzene rings is 1. The van der Waals surface area contributed by atoms with E-state index in [-0.39, 0.29) is 17.1 Å². The maximum absolute atomic E-state index is 13.3. The first-order chi connectivity index (χ1) is 8.83. The number of amidine groups is 1. The van der Waals surface area contributed by atoms with Gasteiger partial charge < -0.3 is 10.5 Å². The van der Waals surface area contributed by atoms with Gasteiger partial charge in [0.15, 0.2) is 0 Å². The quantitative estimate of drug-likeness (QED) is 0.449. The molecule has 0 unspecified atom stereocenters. The predicted octanol–water partition coefficient (Wildman–Crippen LogP) is 3.65. The maximum Gasteiger partial charge on any atom is 0.129 e. The third-order valence-electron chi connectivity index (χ3n) is 3.34. The van der Waals surface area contributed by atoms with E-state index in [1.807, 2.05) is 13.8 Å². The molecule has 0 spiro atoms. The molecule has 0 saturated carbocycles. The van der Waals surface area contributed by atoms with Gasteiger partial charge in [0, 0.05) is 11.5 Å². The summed E-state index contributed by atoms with van der Waals surface area (Å²) in [5, 5.41) is 7.46. The van der Waals surface area contributed by atoms with Crippen molar-refractivity contribution in [2.75, 3.05) is 6.61 Å². The van der Waals surface area contributed by atoms with E-state index in [0.29, 0.717) is 17.9 Å². The Morgan fingerprint density at radius 3 is 2.63 bits per heavy atom. The van der Waals surface area contributed by atoms with E-state index in [1.54, 1.807) is 19.1 Å². The van der Waals surface area contributed by atoms with E-state index in [2.05, 4.69) is 0 Å². The number of nitrogens with one attached hydrogen (secondary N) is 1. The van der Waals surface area contributed by atoms with Crippen LogP contribution in [0.5, 0.6) is 5.75 Å². The van der Waals surface area contributed by atoms with Crippen molar-refractivity contribution in [1.29, 1.82) is 5.41 Å². The zero-order valence-electron chi connectivity index (χ0n) is 11.9. The highest BCUT2D eigenvalue weighted by Crippen LogP contribution is 2.23. The summed E-state index contributed by atoms with van der Waals surface area (Å²) in [7, 11) is 0. The van der Waals surface area contributed by atoms with Gasteiger partial charge in [0.1, 0.15) is 11.6 Å². The smallest absolute Gasteiger partial charge is 0.129 e. The molecule has 3 N–H and O–H groups in total. The molecule has 4 heteroatoms. The van der Waals surface area contributed by atoms with E-state index in [1.165, 1.54) is 6.07 Å². The Labute approximate surface area is 114 Å². The third-order valence-corrected chi connectivity index (χ3v) is 3.34. The Kier molecular flexibility index (Phi) is 5.33. The average molecular weight is 266 g/mol. The van der Waals surface area contributed by atoms with E-state index in [4.69, 9.17) is 15.9 Å². The molecule has 0 saturated heterocycles. The molecule has 0 atom stereocenters. The zero-order chi connectivity index (χ0) is 14.5. The van der Waals surface area contributed by atoms with Gasteiger partial charge in [-0.1, -0.05) is 19.9 Å². The van der Waals surface area contributed by atoms with E-state index >= 15 is 0 Å². The Morgan fingerprint density at radius 2 is 2.05 bits per heavy atom. The van der Waals surface area contributed by atoms with Gasteiger partial charge in [-0.25, -0.2) is 4.39 Å². The molecule has 0 aliphatic carbocycles. The second-order valence-electron chi connectivity index (χ2n) is 5.51. The number of halogens is 1. The van der Waals surface area contributed by atoms with Crippen LogP contribution >= 0.6 is 0 Å². The van der Waals surface area contributed by atoms with Crippen LogP contribution in [0.4, 0.5) is 4.39 Å². The summed E-state index contributed by atoms with van der Waals surface area (Å²) in [5.41, 5.74) is 5.88. The lowest BCUT2D eigenvalue weighted by Gasteiger charge is -2.22. The van der Waals surface area contributed by atoms with Crippen molar-refractivity contribution in [2.45, 2.75) is 40.0 Å². The van der Waals surface area contributed by atoms with Gasteiger partial charge in [-0.3, -0.25) is 5.41 Å². The first-order valence-electron chi connectivity index (χ1n) is 6.56. The molecule has 0 heterocycles. The Bertz CT molecular complexity index is 444. The van der Waals surface area contributed by atoms with Gasteiger partial charge in [-0.2, -0.15) is 0 Å². The Balaban J connectivity index is 2.28. The molecular weight excluding hydrogens is 243 g/mol. The highest BCUT2D eigenvalue weighted by atomic mass is 19.1. The normalized spacial score (nSPS) is 11.4. The molecule has 0 amide bonds. The van der Waals surface area contributed by atoms with Crippen LogP contribution in [0.25, 0.3) is 0 Å². The van der Waals surface area contributed by atoms with Crippen molar-refractivity contribution in [2.24, 2.45) is 11.1 Å². The molecule has 19 heavy (non-hydrogen) atoms. The monoisotopic (exact) mass is 266 g/mol. The van der Waals surface area contributed by atoms with E-state index in [0.717, 1.165) is 19.3 Å². The maximum atomic E-state index is 13.3. The first-order valence-corrected chi connectivity index (χ1v) is 6.56. The molecule has 106 valence electrons. The number of ether oxygens (including phenoxy) is 1. The van der Waals surface area contributed by atoms with Crippen molar-refractivity contribution in [1.82, 2.24) is 0 Å². The second kappa shape index (κ2) is 6.55. The zero-order valence-corrected chi connectivity index (χ0v) is 11.9. The lowest BCUT2D eigenvalue weighted by atomic mass is 9.86. The van der Waals surface area contributed by atoms with Gasteiger partial charge in [0.05, 0.1) is 12.4 Å². The summed E-state index contributed by atoms with van der Waals surface area (Å²) in [5.74, 6) is 0.540. The minimum absolute atomic E-state index is 0.217. The fraction of sp³-hybridized carbons (Fsp3) is 0.533. The number of nitrogens with two attached hydrogens (primary N) is 1. The topological polar surface area (TPSA) is 59.1 Å². The Hall–Kier alpha value is -1.58. The van der Waals surface area contributed by atoms with E-state index < -0.39 is 0 Å². The molecule has 1 rings (SSSR count). The van der Waals surface area contributed by atoms with Gasteiger partial charge in [0.2, 0.25) is 0 Å².